The number of hydrogen-bond donors (Lipinski definition) is 2. The van der Waals surface area contributed by atoms with Crippen molar-refractivity contribution in [3.63, 3.8) is 0 Å². The third-order valence-electron chi connectivity index (χ3n) is 4.17. The number of nitrogens with one attached hydrogen (secondary N) is 2. The number of amides is 2. The molecule has 7 nitrogen and oxygen atoms in total. The molecule has 0 spiro atoms. The number of para-hydroxylation sites is 1. The molecule has 2 N–H and O–H groups in total. The molecule has 0 unspecified atom stereocenters. The van der Waals surface area contributed by atoms with Crippen molar-refractivity contribution in [1.82, 2.24) is 25.6 Å². The third-order valence-corrected chi connectivity index (χ3v) is 4.17. The average Bonchev–Trinajstić information content (AvgIpc) is 3.45. The van der Waals surface area contributed by atoms with Crippen LogP contribution in [0.2, 0.25) is 0 Å². The minimum atomic E-state index is -0.431. The molecule has 0 saturated heterocycles. The number of nitrogens with zero attached hydrogens (tertiary/aromatic N) is 3. The standard InChI is InChI=1S/C19H17N5O2/c25-18(14-5-4-10-20-12-14)21-22-19(26)17-11-16(13-8-9-13)23-24(17)15-6-2-1-3-7-15/h1-7,10-13H,8-9H2,(H,21,25)(H,22,26). The van der Waals surface area contributed by atoms with Gasteiger partial charge < -0.3 is 0 Å². The topological polar surface area (TPSA) is 88.9 Å². The number of aromatic nitrogens is 3. The molecule has 2 aromatic heterocycles. The average molecular weight is 347 g/mol. The van der Waals surface area contributed by atoms with Crippen molar-refractivity contribution in [1.29, 1.82) is 0 Å². The van der Waals surface area contributed by atoms with Crippen LogP contribution >= 0.6 is 0 Å². The maximum atomic E-state index is 12.6. The summed E-state index contributed by atoms with van der Waals surface area (Å²) in [5.41, 5.74) is 7.30. The van der Waals surface area contributed by atoms with Gasteiger partial charge in [-0.15, -0.1) is 0 Å². The fraction of sp³-hybridized carbons (Fsp3) is 0.158. The van der Waals surface area contributed by atoms with E-state index >= 15 is 0 Å². The van der Waals surface area contributed by atoms with Crippen LogP contribution in [-0.2, 0) is 0 Å². The van der Waals surface area contributed by atoms with Crippen LogP contribution in [0.15, 0.2) is 60.9 Å². The predicted molar refractivity (Wildman–Crippen MR) is 94.7 cm³/mol. The third kappa shape index (κ3) is 3.32. The summed E-state index contributed by atoms with van der Waals surface area (Å²) in [7, 11) is 0. The number of carbonyl (C=O) groups excluding carboxylic acids is 2. The number of benzene rings is 1. The first kappa shape index (κ1) is 16.0. The van der Waals surface area contributed by atoms with E-state index < -0.39 is 11.8 Å². The molecule has 7 heteroatoms. The normalized spacial score (nSPS) is 13.2. The largest absolute Gasteiger partial charge is 0.288 e. The minimum absolute atomic E-state index is 0.364. The van der Waals surface area contributed by atoms with E-state index in [1.807, 2.05) is 30.3 Å². The Kier molecular flexibility index (Phi) is 4.18. The van der Waals surface area contributed by atoms with Crippen molar-refractivity contribution in [3.05, 3.63) is 77.9 Å². The first-order chi connectivity index (χ1) is 12.7. The molecule has 1 aromatic carbocycles. The highest BCUT2D eigenvalue weighted by atomic mass is 16.2. The summed E-state index contributed by atoms with van der Waals surface area (Å²) in [6, 6.07) is 14.5. The fourth-order valence-electron chi connectivity index (χ4n) is 2.65. The molecule has 130 valence electrons. The Morgan fingerprint density at radius 3 is 2.46 bits per heavy atom. The van der Waals surface area contributed by atoms with E-state index in [0.29, 0.717) is 17.2 Å². The second-order valence-electron chi connectivity index (χ2n) is 6.13. The molecule has 1 fully saturated rings. The SMILES string of the molecule is O=C(NNC(=O)c1cc(C2CC2)nn1-c1ccccc1)c1cccnc1. The van der Waals surface area contributed by atoms with Crippen LogP contribution in [0.1, 0.15) is 45.3 Å². The van der Waals surface area contributed by atoms with Gasteiger partial charge in [-0.1, -0.05) is 18.2 Å². The van der Waals surface area contributed by atoms with E-state index in [9.17, 15) is 9.59 Å². The van der Waals surface area contributed by atoms with Gasteiger partial charge in [-0.3, -0.25) is 25.4 Å². The van der Waals surface area contributed by atoms with E-state index in [1.165, 1.54) is 6.20 Å². The van der Waals surface area contributed by atoms with Gasteiger partial charge in [0.2, 0.25) is 0 Å². The van der Waals surface area contributed by atoms with Gasteiger partial charge in [0.25, 0.3) is 11.8 Å². The van der Waals surface area contributed by atoms with Crippen LogP contribution in [0.4, 0.5) is 0 Å². The van der Waals surface area contributed by atoms with Crippen molar-refractivity contribution < 1.29 is 9.59 Å². The molecule has 0 bridgehead atoms. The highest BCUT2D eigenvalue weighted by Crippen LogP contribution is 2.39. The number of rotatable bonds is 4. The van der Waals surface area contributed by atoms with Gasteiger partial charge in [0.05, 0.1) is 16.9 Å². The van der Waals surface area contributed by atoms with Crippen LogP contribution in [0.5, 0.6) is 0 Å². The number of hydrogen-bond acceptors (Lipinski definition) is 4. The zero-order chi connectivity index (χ0) is 17.9. The fourth-order valence-corrected chi connectivity index (χ4v) is 2.65. The van der Waals surface area contributed by atoms with Gasteiger partial charge >= 0.3 is 0 Å². The Bertz CT molecular complexity index is 933. The Labute approximate surface area is 150 Å². The second kappa shape index (κ2) is 6.79. The molecule has 3 aromatic rings. The zero-order valence-electron chi connectivity index (χ0n) is 13.9. The molecule has 2 amide bonds. The van der Waals surface area contributed by atoms with Gasteiger partial charge in [0.15, 0.2) is 0 Å². The van der Waals surface area contributed by atoms with E-state index in [0.717, 1.165) is 24.2 Å². The Morgan fingerprint density at radius 2 is 1.77 bits per heavy atom. The number of hydrazine groups is 1. The summed E-state index contributed by atoms with van der Waals surface area (Å²) in [5.74, 6) is -0.443. The monoisotopic (exact) mass is 347 g/mol. The number of pyridine rings is 1. The Balaban J connectivity index is 1.54. The molecular weight excluding hydrogens is 330 g/mol. The van der Waals surface area contributed by atoms with Crippen molar-refractivity contribution in [3.8, 4) is 5.69 Å². The van der Waals surface area contributed by atoms with Gasteiger partial charge in [0.1, 0.15) is 5.69 Å². The van der Waals surface area contributed by atoms with Crippen molar-refractivity contribution in [2.24, 2.45) is 0 Å². The molecule has 0 atom stereocenters. The molecule has 0 radical (unpaired) electrons. The van der Waals surface area contributed by atoms with Crippen molar-refractivity contribution in [2.45, 2.75) is 18.8 Å². The quantitative estimate of drug-likeness (QED) is 0.708. The lowest BCUT2D eigenvalue weighted by Crippen LogP contribution is -2.42. The van der Waals surface area contributed by atoms with Gasteiger partial charge in [-0.05, 0) is 43.2 Å². The molecule has 26 heavy (non-hydrogen) atoms. The van der Waals surface area contributed by atoms with Crippen LogP contribution in [0.25, 0.3) is 5.69 Å². The summed E-state index contributed by atoms with van der Waals surface area (Å²) in [5, 5.41) is 4.58. The molecule has 1 saturated carbocycles. The van der Waals surface area contributed by atoms with Crippen LogP contribution in [-0.4, -0.2) is 26.6 Å². The summed E-state index contributed by atoms with van der Waals surface area (Å²) in [4.78, 5) is 28.6. The molecule has 1 aliphatic rings. The Morgan fingerprint density at radius 1 is 1.00 bits per heavy atom. The predicted octanol–water partition coefficient (Wildman–Crippen LogP) is 2.22. The maximum absolute atomic E-state index is 12.6. The van der Waals surface area contributed by atoms with Gasteiger partial charge in [0, 0.05) is 18.3 Å². The lowest BCUT2D eigenvalue weighted by Gasteiger charge is -2.09. The zero-order valence-corrected chi connectivity index (χ0v) is 13.9. The van der Waals surface area contributed by atoms with E-state index in [2.05, 4.69) is 20.9 Å². The van der Waals surface area contributed by atoms with Crippen LogP contribution in [0, 0.1) is 0 Å². The maximum Gasteiger partial charge on any atom is 0.288 e. The minimum Gasteiger partial charge on any atom is -0.267 e. The molecule has 1 aliphatic carbocycles. The highest BCUT2D eigenvalue weighted by Gasteiger charge is 2.29. The lowest BCUT2D eigenvalue weighted by molar-refractivity contribution is 0.0842. The van der Waals surface area contributed by atoms with Gasteiger partial charge in [-0.25, -0.2) is 4.68 Å². The second-order valence-corrected chi connectivity index (χ2v) is 6.13. The molecule has 2 heterocycles. The van der Waals surface area contributed by atoms with E-state index in [1.54, 1.807) is 29.1 Å². The Hall–Kier alpha value is -3.48. The van der Waals surface area contributed by atoms with Gasteiger partial charge in [-0.2, -0.15) is 5.10 Å². The molecule has 4 rings (SSSR count). The lowest BCUT2D eigenvalue weighted by atomic mass is 10.2. The van der Waals surface area contributed by atoms with Crippen LogP contribution < -0.4 is 10.9 Å². The highest BCUT2D eigenvalue weighted by molar-refractivity contribution is 5.98. The van der Waals surface area contributed by atoms with E-state index in [-0.39, 0.29) is 0 Å². The molecule has 0 aliphatic heterocycles. The van der Waals surface area contributed by atoms with Crippen molar-refractivity contribution >= 4 is 11.8 Å². The molecular formula is C19H17N5O2. The van der Waals surface area contributed by atoms with Crippen molar-refractivity contribution in [2.75, 3.05) is 0 Å². The first-order valence-corrected chi connectivity index (χ1v) is 8.38. The summed E-state index contributed by atoms with van der Waals surface area (Å²) in [6.45, 7) is 0. The summed E-state index contributed by atoms with van der Waals surface area (Å²) in [6.07, 6.45) is 5.18. The van der Waals surface area contributed by atoms with Crippen LogP contribution in [0.3, 0.4) is 0 Å². The summed E-state index contributed by atoms with van der Waals surface area (Å²) >= 11 is 0. The van der Waals surface area contributed by atoms with E-state index in [4.69, 9.17) is 0 Å². The number of carbonyl (C=O) groups is 2. The smallest absolute Gasteiger partial charge is 0.267 e. The first-order valence-electron chi connectivity index (χ1n) is 8.38. The summed E-state index contributed by atoms with van der Waals surface area (Å²) < 4.78 is 1.61.